The van der Waals surface area contributed by atoms with Gasteiger partial charge in [-0.25, -0.2) is 0 Å². The molecule has 3 heteroatoms. The first-order chi connectivity index (χ1) is 9.38. The first kappa shape index (κ1) is 15.5. The summed E-state index contributed by atoms with van der Waals surface area (Å²) in [5.74, 6) is 0.917. The largest absolute Gasteiger partial charge is 0.398 e. The molecule has 0 spiro atoms. The molecular weight excluding hydrogens is 330 g/mol. The van der Waals surface area contributed by atoms with Crippen LogP contribution < -0.4 is 5.73 Å². The first-order valence-corrected chi connectivity index (χ1v) is 8.42. The van der Waals surface area contributed by atoms with Gasteiger partial charge in [-0.1, -0.05) is 45.0 Å². The predicted octanol–water partition coefficient (Wildman–Crippen LogP) is 5.62. The molecule has 0 fully saturated rings. The van der Waals surface area contributed by atoms with E-state index < -0.39 is 0 Å². The lowest BCUT2D eigenvalue weighted by atomic mass is 9.87. The zero-order chi connectivity index (χ0) is 14.8. The van der Waals surface area contributed by atoms with Crippen molar-refractivity contribution in [3.8, 4) is 0 Å². The number of halogens is 1. The lowest BCUT2D eigenvalue weighted by molar-refractivity contribution is 0.590. The van der Waals surface area contributed by atoms with Crippen LogP contribution in [0.4, 0.5) is 5.69 Å². The number of rotatable bonds is 3. The van der Waals surface area contributed by atoms with Crippen molar-refractivity contribution >= 4 is 33.4 Å². The summed E-state index contributed by atoms with van der Waals surface area (Å²) in [5.41, 5.74) is 9.51. The average Bonchev–Trinajstić information content (AvgIpc) is 2.40. The normalized spacial score (nSPS) is 11.6. The highest BCUT2D eigenvalue weighted by Crippen LogP contribution is 2.31. The van der Waals surface area contributed by atoms with Gasteiger partial charge in [-0.2, -0.15) is 0 Å². The molecule has 0 saturated heterocycles. The number of hydrogen-bond donors (Lipinski definition) is 1. The Morgan fingerprint density at radius 1 is 1.05 bits per heavy atom. The van der Waals surface area contributed by atoms with E-state index in [1.165, 1.54) is 16.0 Å². The number of nitrogen functional groups attached to an aromatic ring is 1. The Morgan fingerprint density at radius 2 is 1.70 bits per heavy atom. The quantitative estimate of drug-likeness (QED) is 0.574. The minimum Gasteiger partial charge on any atom is -0.398 e. The molecule has 0 atom stereocenters. The lowest BCUT2D eigenvalue weighted by Crippen LogP contribution is -2.10. The highest BCUT2D eigenvalue weighted by Gasteiger charge is 2.13. The second kappa shape index (κ2) is 6.23. The van der Waals surface area contributed by atoms with E-state index in [0.717, 1.165) is 15.9 Å². The number of nitrogens with two attached hydrogens (primary N) is 1. The lowest BCUT2D eigenvalue weighted by Gasteiger charge is -2.19. The zero-order valence-electron chi connectivity index (χ0n) is 12.1. The van der Waals surface area contributed by atoms with Gasteiger partial charge in [0.25, 0.3) is 0 Å². The van der Waals surface area contributed by atoms with Crippen LogP contribution in [0.15, 0.2) is 51.8 Å². The van der Waals surface area contributed by atoms with Crippen molar-refractivity contribution in [2.45, 2.75) is 36.8 Å². The summed E-state index contributed by atoms with van der Waals surface area (Å²) in [5, 5.41) is 0. The van der Waals surface area contributed by atoms with Crippen LogP contribution in [0.25, 0.3) is 0 Å². The third kappa shape index (κ3) is 3.80. The molecule has 106 valence electrons. The molecule has 0 aliphatic heterocycles. The molecule has 2 N–H and O–H groups in total. The molecule has 0 amide bonds. The van der Waals surface area contributed by atoms with Crippen LogP contribution in [-0.4, -0.2) is 0 Å². The first-order valence-electron chi connectivity index (χ1n) is 6.64. The van der Waals surface area contributed by atoms with Crippen LogP contribution in [0.1, 0.15) is 31.9 Å². The van der Waals surface area contributed by atoms with Gasteiger partial charge >= 0.3 is 0 Å². The third-order valence-corrected chi connectivity index (χ3v) is 5.25. The molecule has 1 nitrogen and oxygen atoms in total. The topological polar surface area (TPSA) is 26.0 Å². The van der Waals surface area contributed by atoms with Crippen molar-refractivity contribution in [3.05, 3.63) is 58.1 Å². The molecular formula is C17H20BrNS. The maximum Gasteiger partial charge on any atom is 0.0461 e. The van der Waals surface area contributed by atoms with Gasteiger partial charge in [0.2, 0.25) is 0 Å². The second-order valence-electron chi connectivity index (χ2n) is 5.88. The van der Waals surface area contributed by atoms with Crippen LogP contribution in [0.5, 0.6) is 0 Å². The van der Waals surface area contributed by atoms with E-state index in [4.69, 9.17) is 5.73 Å². The Labute approximate surface area is 134 Å². The Bertz CT molecular complexity index is 585. The molecule has 2 aromatic rings. The van der Waals surface area contributed by atoms with Crippen molar-refractivity contribution in [2.24, 2.45) is 0 Å². The van der Waals surface area contributed by atoms with Gasteiger partial charge in [-0.3, -0.25) is 0 Å². The van der Waals surface area contributed by atoms with E-state index in [1.807, 2.05) is 23.9 Å². The molecule has 2 rings (SSSR count). The van der Waals surface area contributed by atoms with Gasteiger partial charge in [0.05, 0.1) is 0 Å². The van der Waals surface area contributed by atoms with Gasteiger partial charge in [-0.05, 0) is 50.7 Å². The van der Waals surface area contributed by atoms with Gasteiger partial charge in [-0.15, -0.1) is 11.8 Å². The molecule has 0 unspecified atom stereocenters. The van der Waals surface area contributed by atoms with E-state index in [-0.39, 0.29) is 5.41 Å². The predicted molar refractivity (Wildman–Crippen MR) is 93.3 cm³/mol. The fourth-order valence-corrected chi connectivity index (χ4v) is 3.40. The van der Waals surface area contributed by atoms with Crippen molar-refractivity contribution in [1.29, 1.82) is 0 Å². The molecule has 20 heavy (non-hydrogen) atoms. The summed E-state index contributed by atoms with van der Waals surface area (Å²) < 4.78 is 1.01. The smallest absolute Gasteiger partial charge is 0.0461 e. The van der Waals surface area contributed by atoms with Crippen molar-refractivity contribution in [2.75, 3.05) is 5.73 Å². The highest BCUT2D eigenvalue weighted by molar-refractivity contribution is 9.10. The molecule has 0 radical (unpaired) electrons. The summed E-state index contributed by atoms with van der Waals surface area (Å²) in [6.45, 7) is 6.71. The van der Waals surface area contributed by atoms with E-state index in [2.05, 4.69) is 67.0 Å². The van der Waals surface area contributed by atoms with E-state index in [9.17, 15) is 0 Å². The minimum atomic E-state index is 0.208. The highest BCUT2D eigenvalue weighted by atomic mass is 79.9. The Morgan fingerprint density at radius 3 is 2.30 bits per heavy atom. The summed E-state index contributed by atoms with van der Waals surface area (Å²) in [4.78, 5) is 1.28. The number of hydrogen-bond acceptors (Lipinski definition) is 2. The summed E-state index contributed by atoms with van der Waals surface area (Å²) in [7, 11) is 0. The molecule has 0 heterocycles. The van der Waals surface area contributed by atoms with Crippen LogP contribution in [0.2, 0.25) is 0 Å². The standard InChI is InChI=1S/C17H20BrNS/c1-17(2,3)13-7-9-14(10-8-13)20-11-12-5-4-6-15(19)16(12)18/h4-10H,11,19H2,1-3H3. The van der Waals surface area contributed by atoms with Crippen LogP contribution in [0.3, 0.4) is 0 Å². The fraction of sp³-hybridized carbons (Fsp3) is 0.294. The number of anilines is 1. The van der Waals surface area contributed by atoms with E-state index in [1.54, 1.807) is 0 Å². The van der Waals surface area contributed by atoms with Crippen molar-refractivity contribution < 1.29 is 0 Å². The molecule has 0 aliphatic carbocycles. The van der Waals surface area contributed by atoms with Gasteiger partial charge in [0.15, 0.2) is 0 Å². The molecule has 0 aliphatic rings. The summed E-state index contributed by atoms with van der Waals surface area (Å²) in [6, 6.07) is 14.9. The van der Waals surface area contributed by atoms with Crippen molar-refractivity contribution in [3.63, 3.8) is 0 Å². The SMILES string of the molecule is CC(C)(C)c1ccc(SCc2cccc(N)c2Br)cc1. The van der Waals surface area contributed by atoms with Gasteiger partial charge < -0.3 is 5.73 Å². The van der Waals surface area contributed by atoms with Crippen LogP contribution in [-0.2, 0) is 11.2 Å². The van der Waals surface area contributed by atoms with Crippen LogP contribution in [0, 0.1) is 0 Å². The Balaban J connectivity index is 2.06. The van der Waals surface area contributed by atoms with Crippen molar-refractivity contribution in [1.82, 2.24) is 0 Å². The summed E-state index contributed by atoms with van der Waals surface area (Å²) in [6.07, 6.45) is 0. The van der Waals surface area contributed by atoms with Gasteiger partial charge in [0, 0.05) is 20.8 Å². The molecule has 0 bridgehead atoms. The maximum absolute atomic E-state index is 5.90. The van der Waals surface area contributed by atoms with Gasteiger partial charge in [0.1, 0.15) is 0 Å². The molecule has 0 aromatic heterocycles. The number of benzene rings is 2. The Hall–Kier alpha value is -0.930. The fourth-order valence-electron chi connectivity index (χ4n) is 1.92. The van der Waals surface area contributed by atoms with E-state index >= 15 is 0 Å². The third-order valence-electron chi connectivity index (χ3n) is 3.22. The number of thioether (sulfide) groups is 1. The molecule has 0 saturated carbocycles. The Kier molecular flexibility index (Phi) is 4.82. The van der Waals surface area contributed by atoms with E-state index in [0.29, 0.717) is 0 Å². The minimum absolute atomic E-state index is 0.208. The maximum atomic E-state index is 5.90. The summed E-state index contributed by atoms with van der Waals surface area (Å²) >= 11 is 5.38. The second-order valence-corrected chi connectivity index (χ2v) is 7.73. The zero-order valence-corrected chi connectivity index (χ0v) is 14.5. The average molecular weight is 350 g/mol. The monoisotopic (exact) mass is 349 g/mol. The van der Waals surface area contributed by atoms with Crippen LogP contribution >= 0.6 is 27.7 Å². The molecule has 2 aromatic carbocycles.